The standard InChI is InChI=1S/C12H17N3O5S/c13-10(5-6-11(16)17)12(18)15-7-8-1-3-9(4-2-8)21(14,19)20/h1-4,10H,5-7,13H2,(H,15,18)(H,16,17)(H2,14,19,20). The number of hydrogen-bond acceptors (Lipinski definition) is 5. The van der Waals surface area contributed by atoms with E-state index in [2.05, 4.69) is 5.32 Å². The maximum atomic E-state index is 11.6. The summed E-state index contributed by atoms with van der Waals surface area (Å²) in [5.74, 6) is -1.48. The number of aliphatic carboxylic acids is 1. The highest BCUT2D eigenvalue weighted by atomic mass is 32.2. The van der Waals surface area contributed by atoms with Crippen LogP contribution < -0.4 is 16.2 Å². The third-order valence-electron chi connectivity index (χ3n) is 2.72. The molecule has 0 fully saturated rings. The Morgan fingerprint density at radius 3 is 2.29 bits per heavy atom. The quantitative estimate of drug-likeness (QED) is 0.513. The molecule has 9 heteroatoms. The van der Waals surface area contributed by atoms with Crippen molar-refractivity contribution < 1.29 is 23.1 Å². The average molecular weight is 315 g/mol. The number of nitrogens with one attached hydrogen (secondary N) is 1. The smallest absolute Gasteiger partial charge is 0.303 e. The maximum Gasteiger partial charge on any atom is 0.303 e. The van der Waals surface area contributed by atoms with Crippen LogP contribution >= 0.6 is 0 Å². The fourth-order valence-corrected chi connectivity index (χ4v) is 2.04. The van der Waals surface area contributed by atoms with E-state index >= 15 is 0 Å². The number of carboxylic acids is 1. The lowest BCUT2D eigenvalue weighted by Gasteiger charge is -2.11. The van der Waals surface area contributed by atoms with Crippen molar-refractivity contribution in [1.29, 1.82) is 0 Å². The Morgan fingerprint density at radius 1 is 1.24 bits per heavy atom. The third kappa shape index (κ3) is 5.90. The van der Waals surface area contributed by atoms with Crippen molar-refractivity contribution in [3.63, 3.8) is 0 Å². The van der Waals surface area contributed by atoms with Gasteiger partial charge in [0.25, 0.3) is 0 Å². The summed E-state index contributed by atoms with van der Waals surface area (Å²) in [6.45, 7) is 0.157. The monoisotopic (exact) mass is 315 g/mol. The molecular formula is C12H17N3O5S. The fraction of sp³-hybridized carbons (Fsp3) is 0.333. The van der Waals surface area contributed by atoms with Gasteiger partial charge in [0.15, 0.2) is 0 Å². The highest BCUT2D eigenvalue weighted by molar-refractivity contribution is 7.89. The zero-order chi connectivity index (χ0) is 16.0. The van der Waals surface area contributed by atoms with Crippen molar-refractivity contribution in [3.05, 3.63) is 29.8 Å². The number of amides is 1. The fourth-order valence-electron chi connectivity index (χ4n) is 1.53. The second-order valence-corrected chi connectivity index (χ2v) is 6.01. The molecule has 0 aromatic heterocycles. The van der Waals surface area contributed by atoms with Gasteiger partial charge in [0, 0.05) is 13.0 Å². The maximum absolute atomic E-state index is 11.6. The molecule has 1 rings (SSSR count). The van der Waals surface area contributed by atoms with Gasteiger partial charge in [-0.15, -0.1) is 0 Å². The van der Waals surface area contributed by atoms with Crippen LogP contribution in [0.15, 0.2) is 29.2 Å². The molecule has 1 amide bonds. The predicted molar refractivity (Wildman–Crippen MR) is 74.5 cm³/mol. The van der Waals surface area contributed by atoms with Gasteiger partial charge in [-0.25, -0.2) is 13.6 Å². The van der Waals surface area contributed by atoms with Gasteiger partial charge in [-0.1, -0.05) is 12.1 Å². The number of benzene rings is 1. The first-order chi connectivity index (χ1) is 9.70. The molecule has 0 saturated heterocycles. The number of nitrogens with two attached hydrogens (primary N) is 2. The Morgan fingerprint density at radius 2 is 1.81 bits per heavy atom. The van der Waals surface area contributed by atoms with Crippen LogP contribution in [0.1, 0.15) is 18.4 Å². The second kappa shape index (κ2) is 7.16. The second-order valence-electron chi connectivity index (χ2n) is 4.45. The number of carbonyl (C=O) groups excluding carboxylic acids is 1. The van der Waals surface area contributed by atoms with Gasteiger partial charge in [-0.05, 0) is 24.1 Å². The van der Waals surface area contributed by atoms with E-state index in [-0.39, 0.29) is 24.3 Å². The summed E-state index contributed by atoms with van der Waals surface area (Å²) in [6.07, 6.45) is -0.136. The third-order valence-corrected chi connectivity index (χ3v) is 3.65. The number of carboxylic acid groups (broad SMARTS) is 1. The first-order valence-electron chi connectivity index (χ1n) is 6.07. The van der Waals surface area contributed by atoms with E-state index in [1.165, 1.54) is 24.3 Å². The number of rotatable bonds is 7. The summed E-state index contributed by atoms with van der Waals surface area (Å²) in [6, 6.07) is 4.80. The van der Waals surface area contributed by atoms with E-state index in [1.807, 2.05) is 0 Å². The summed E-state index contributed by atoms with van der Waals surface area (Å²) in [4.78, 5) is 22.0. The molecule has 0 spiro atoms. The Labute approximate surface area is 122 Å². The molecule has 0 aliphatic carbocycles. The average Bonchev–Trinajstić information content (AvgIpc) is 2.41. The van der Waals surface area contributed by atoms with Crippen LogP contribution in [0.3, 0.4) is 0 Å². The lowest BCUT2D eigenvalue weighted by atomic mass is 10.1. The van der Waals surface area contributed by atoms with E-state index in [0.717, 1.165) is 0 Å². The van der Waals surface area contributed by atoms with Crippen LogP contribution in [0.2, 0.25) is 0 Å². The number of carbonyl (C=O) groups is 2. The van der Waals surface area contributed by atoms with Gasteiger partial charge in [0.1, 0.15) is 0 Å². The van der Waals surface area contributed by atoms with Crippen molar-refractivity contribution in [3.8, 4) is 0 Å². The van der Waals surface area contributed by atoms with Crippen LogP contribution in [0.25, 0.3) is 0 Å². The van der Waals surface area contributed by atoms with Crippen molar-refractivity contribution >= 4 is 21.9 Å². The minimum atomic E-state index is -3.74. The molecule has 0 saturated carbocycles. The first kappa shape index (κ1) is 17.1. The molecule has 116 valence electrons. The van der Waals surface area contributed by atoms with Gasteiger partial charge in [0.2, 0.25) is 15.9 Å². The predicted octanol–water partition coefficient (Wildman–Crippen LogP) is -0.858. The molecule has 6 N–H and O–H groups in total. The van der Waals surface area contributed by atoms with E-state index in [4.69, 9.17) is 16.0 Å². The largest absolute Gasteiger partial charge is 0.481 e. The van der Waals surface area contributed by atoms with E-state index in [1.54, 1.807) is 0 Å². The summed E-state index contributed by atoms with van der Waals surface area (Å²) in [5.41, 5.74) is 6.21. The summed E-state index contributed by atoms with van der Waals surface area (Å²) < 4.78 is 22.1. The molecule has 0 radical (unpaired) electrons. The summed E-state index contributed by atoms with van der Waals surface area (Å²) in [7, 11) is -3.74. The van der Waals surface area contributed by atoms with Crippen molar-refractivity contribution in [2.45, 2.75) is 30.3 Å². The Kier molecular flexibility index (Phi) is 5.82. The van der Waals surface area contributed by atoms with Crippen molar-refractivity contribution in [2.75, 3.05) is 0 Å². The van der Waals surface area contributed by atoms with Crippen LogP contribution in [0, 0.1) is 0 Å². The lowest BCUT2D eigenvalue weighted by molar-refractivity contribution is -0.137. The SMILES string of the molecule is NC(CCC(=O)O)C(=O)NCc1ccc(S(N)(=O)=O)cc1. The summed E-state index contributed by atoms with van der Waals surface area (Å²) in [5, 5.41) is 16.0. The van der Waals surface area contributed by atoms with Gasteiger partial charge in [0.05, 0.1) is 10.9 Å². The van der Waals surface area contributed by atoms with E-state index in [0.29, 0.717) is 5.56 Å². The van der Waals surface area contributed by atoms with E-state index in [9.17, 15) is 18.0 Å². The number of sulfonamides is 1. The van der Waals surface area contributed by atoms with Crippen LogP contribution in [-0.2, 0) is 26.2 Å². The Bertz CT molecular complexity index is 612. The van der Waals surface area contributed by atoms with Gasteiger partial charge >= 0.3 is 5.97 Å². The highest BCUT2D eigenvalue weighted by Gasteiger charge is 2.14. The molecule has 0 aliphatic heterocycles. The zero-order valence-electron chi connectivity index (χ0n) is 11.2. The molecule has 1 aromatic carbocycles. The first-order valence-corrected chi connectivity index (χ1v) is 7.61. The Balaban J connectivity index is 2.51. The topological polar surface area (TPSA) is 153 Å². The molecule has 1 aromatic rings. The molecule has 21 heavy (non-hydrogen) atoms. The highest BCUT2D eigenvalue weighted by Crippen LogP contribution is 2.08. The van der Waals surface area contributed by atoms with Crippen LogP contribution in [0.4, 0.5) is 0 Å². The van der Waals surface area contributed by atoms with Crippen LogP contribution in [0.5, 0.6) is 0 Å². The van der Waals surface area contributed by atoms with Crippen molar-refractivity contribution in [2.24, 2.45) is 10.9 Å². The zero-order valence-corrected chi connectivity index (χ0v) is 12.0. The van der Waals surface area contributed by atoms with Gasteiger partial charge in [-0.3, -0.25) is 9.59 Å². The Hall–Kier alpha value is -1.97. The minimum Gasteiger partial charge on any atom is -0.481 e. The van der Waals surface area contributed by atoms with Gasteiger partial charge in [-0.2, -0.15) is 0 Å². The molecule has 0 heterocycles. The molecule has 1 atom stereocenters. The van der Waals surface area contributed by atoms with Crippen molar-refractivity contribution in [1.82, 2.24) is 5.32 Å². The van der Waals surface area contributed by atoms with Gasteiger partial charge < -0.3 is 16.2 Å². The molecule has 0 bridgehead atoms. The molecular weight excluding hydrogens is 298 g/mol. The molecule has 0 aliphatic rings. The number of primary sulfonamides is 1. The number of hydrogen-bond donors (Lipinski definition) is 4. The molecule has 8 nitrogen and oxygen atoms in total. The molecule has 1 unspecified atom stereocenters. The lowest BCUT2D eigenvalue weighted by Crippen LogP contribution is -2.40. The summed E-state index contributed by atoms with van der Waals surface area (Å²) >= 11 is 0. The van der Waals surface area contributed by atoms with Crippen LogP contribution in [-0.4, -0.2) is 31.4 Å². The van der Waals surface area contributed by atoms with E-state index < -0.39 is 27.9 Å². The minimum absolute atomic E-state index is 0.0178. The normalized spacial score (nSPS) is 12.7.